The number of pyridine rings is 1. The van der Waals surface area contributed by atoms with Gasteiger partial charge in [-0.1, -0.05) is 11.6 Å². The molecule has 0 saturated carbocycles. The van der Waals surface area contributed by atoms with Crippen molar-refractivity contribution >= 4 is 29.1 Å². The van der Waals surface area contributed by atoms with Crippen LogP contribution >= 0.6 is 11.6 Å². The summed E-state index contributed by atoms with van der Waals surface area (Å²) in [6, 6.07) is 7.75. The molecule has 4 rings (SSSR count). The highest BCUT2D eigenvalue weighted by molar-refractivity contribution is 6.30. The molecular formula is C17H12ClFN6. The van der Waals surface area contributed by atoms with Crippen LogP contribution in [0.1, 0.15) is 17.2 Å². The van der Waals surface area contributed by atoms with E-state index in [4.69, 9.17) is 11.6 Å². The van der Waals surface area contributed by atoms with E-state index < -0.39 is 6.04 Å². The fourth-order valence-corrected chi connectivity index (χ4v) is 2.82. The fraction of sp³-hybridized carbons (Fsp3) is 0.0588. The second-order valence-electron chi connectivity index (χ2n) is 5.35. The van der Waals surface area contributed by atoms with Crippen LogP contribution in [0.5, 0.6) is 0 Å². The molecule has 1 aliphatic rings. The maximum absolute atomic E-state index is 14.3. The van der Waals surface area contributed by atoms with E-state index in [9.17, 15) is 4.39 Å². The van der Waals surface area contributed by atoms with Crippen LogP contribution in [0.3, 0.4) is 0 Å². The summed E-state index contributed by atoms with van der Waals surface area (Å²) in [6.45, 7) is 0. The first kappa shape index (κ1) is 15.5. The Kier molecular flexibility index (Phi) is 3.99. The van der Waals surface area contributed by atoms with Crippen molar-refractivity contribution in [2.45, 2.75) is 6.04 Å². The van der Waals surface area contributed by atoms with Crippen molar-refractivity contribution in [3.8, 4) is 0 Å². The molecule has 25 heavy (non-hydrogen) atoms. The largest absolute Gasteiger partial charge is 0.359 e. The van der Waals surface area contributed by atoms with Gasteiger partial charge >= 0.3 is 0 Å². The van der Waals surface area contributed by atoms with E-state index in [1.807, 2.05) is 18.2 Å². The summed E-state index contributed by atoms with van der Waals surface area (Å²) in [7, 11) is 0. The van der Waals surface area contributed by atoms with Gasteiger partial charge in [-0.25, -0.2) is 24.3 Å². The third-order valence-electron chi connectivity index (χ3n) is 3.76. The zero-order chi connectivity index (χ0) is 17.2. The van der Waals surface area contributed by atoms with Crippen molar-refractivity contribution in [3.05, 3.63) is 77.2 Å². The van der Waals surface area contributed by atoms with Crippen LogP contribution in [-0.2, 0) is 0 Å². The molecule has 0 saturated heterocycles. The number of halogens is 2. The number of benzene rings is 1. The minimum Gasteiger partial charge on any atom is -0.359 e. The zero-order valence-corrected chi connectivity index (χ0v) is 13.6. The van der Waals surface area contributed by atoms with Crippen molar-refractivity contribution < 1.29 is 4.39 Å². The molecule has 0 amide bonds. The minimum atomic E-state index is -0.439. The van der Waals surface area contributed by atoms with Gasteiger partial charge in [0, 0.05) is 22.3 Å². The quantitative estimate of drug-likeness (QED) is 0.747. The second-order valence-corrected chi connectivity index (χ2v) is 5.79. The highest BCUT2D eigenvalue weighted by atomic mass is 35.5. The molecule has 124 valence electrons. The van der Waals surface area contributed by atoms with Gasteiger partial charge in [0.15, 0.2) is 0 Å². The monoisotopic (exact) mass is 354 g/mol. The molecule has 3 aromatic rings. The van der Waals surface area contributed by atoms with Gasteiger partial charge in [0.2, 0.25) is 5.95 Å². The van der Waals surface area contributed by atoms with Crippen LogP contribution in [0.25, 0.3) is 5.70 Å². The van der Waals surface area contributed by atoms with E-state index >= 15 is 0 Å². The topological polar surface area (TPSA) is 75.6 Å². The van der Waals surface area contributed by atoms with E-state index in [1.54, 1.807) is 12.3 Å². The van der Waals surface area contributed by atoms with Crippen molar-refractivity contribution in [3.63, 3.8) is 0 Å². The van der Waals surface area contributed by atoms with Crippen LogP contribution in [0.2, 0.25) is 5.02 Å². The molecule has 1 atom stereocenters. The van der Waals surface area contributed by atoms with Crippen LogP contribution < -0.4 is 10.6 Å². The molecule has 1 unspecified atom stereocenters. The Morgan fingerprint density at radius 2 is 1.96 bits per heavy atom. The average Bonchev–Trinajstić information content (AvgIpc) is 2.64. The minimum absolute atomic E-state index is 0.350. The third-order valence-corrected chi connectivity index (χ3v) is 3.99. The number of hydrogen-bond acceptors (Lipinski definition) is 6. The first-order chi connectivity index (χ1) is 12.2. The number of fused-ring (bicyclic) bond motifs is 1. The second kappa shape index (κ2) is 6.45. The van der Waals surface area contributed by atoms with Gasteiger partial charge in [-0.3, -0.25) is 0 Å². The number of hydrogen-bond donors (Lipinski definition) is 2. The van der Waals surface area contributed by atoms with E-state index in [0.29, 0.717) is 22.4 Å². The Balaban J connectivity index is 1.77. The Morgan fingerprint density at radius 3 is 2.80 bits per heavy atom. The summed E-state index contributed by atoms with van der Waals surface area (Å²) < 4.78 is 14.3. The molecule has 0 spiro atoms. The van der Waals surface area contributed by atoms with Crippen molar-refractivity contribution in [2.24, 2.45) is 0 Å². The lowest BCUT2D eigenvalue weighted by atomic mass is 9.99. The molecule has 3 heterocycles. The molecule has 2 N–H and O–H groups in total. The lowest BCUT2D eigenvalue weighted by Crippen LogP contribution is -2.19. The summed E-state index contributed by atoms with van der Waals surface area (Å²) >= 11 is 6.03. The SMILES string of the molecule is Fc1ccc(Cl)cc1C1C=C(Nc2ncncn2)c2cccnc2N1. The van der Waals surface area contributed by atoms with Gasteiger partial charge in [0.25, 0.3) is 0 Å². The van der Waals surface area contributed by atoms with E-state index in [2.05, 4.69) is 30.6 Å². The van der Waals surface area contributed by atoms with Crippen molar-refractivity contribution in [1.82, 2.24) is 19.9 Å². The molecule has 0 bridgehead atoms. The van der Waals surface area contributed by atoms with Crippen LogP contribution in [0, 0.1) is 5.82 Å². The predicted molar refractivity (Wildman–Crippen MR) is 93.4 cm³/mol. The first-order valence-electron chi connectivity index (χ1n) is 7.48. The summed E-state index contributed by atoms with van der Waals surface area (Å²) in [5.41, 5.74) is 1.98. The highest BCUT2D eigenvalue weighted by Crippen LogP contribution is 2.35. The normalized spacial score (nSPS) is 15.8. The smallest absolute Gasteiger partial charge is 0.230 e. The molecule has 6 nitrogen and oxygen atoms in total. The van der Waals surface area contributed by atoms with Crippen molar-refractivity contribution in [1.29, 1.82) is 0 Å². The predicted octanol–water partition coefficient (Wildman–Crippen LogP) is 3.68. The Morgan fingerprint density at radius 1 is 1.12 bits per heavy atom. The molecule has 0 aliphatic carbocycles. The first-order valence-corrected chi connectivity index (χ1v) is 7.86. The van der Waals surface area contributed by atoms with Crippen LogP contribution in [0.15, 0.2) is 55.3 Å². The number of nitrogens with zero attached hydrogens (tertiary/aromatic N) is 4. The Bertz CT molecular complexity index is 947. The van der Waals surface area contributed by atoms with Crippen LogP contribution in [0.4, 0.5) is 16.2 Å². The zero-order valence-electron chi connectivity index (χ0n) is 12.8. The average molecular weight is 355 g/mol. The number of anilines is 2. The Hall–Kier alpha value is -3.06. The van der Waals surface area contributed by atoms with E-state index in [0.717, 1.165) is 11.3 Å². The molecule has 0 radical (unpaired) electrons. The van der Waals surface area contributed by atoms with E-state index in [-0.39, 0.29) is 5.82 Å². The number of rotatable bonds is 3. The molecule has 2 aromatic heterocycles. The maximum Gasteiger partial charge on any atom is 0.230 e. The maximum atomic E-state index is 14.3. The number of aromatic nitrogens is 4. The summed E-state index contributed by atoms with van der Waals surface area (Å²) in [5, 5.41) is 6.82. The van der Waals surface area contributed by atoms with Crippen molar-refractivity contribution in [2.75, 3.05) is 10.6 Å². The van der Waals surface area contributed by atoms with Gasteiger partial charge in [-0.15, -0.1) is 0 Å². The molecule has 0 fully saturated rings. The van der Waals surface area contributed by atoms with Gasteiger partial charge < -0.3 is 10.6 Å². The molecular weight excluding hydrogens is 343 g/mol. The summed E-state index contributed by atoms with van der Waals surface area (Å²) in [6.07, 6.45) is 6.32. The molecule has 8 heteroatoms. The Labute approximate surface area is 147 Å². The lowest BCUT2D eigenvalue weighted by molar-refractivity contribution is 0.606. The highest BCUT2D eigenvalue weighted by Gasteiger charge is 2.23. The number of nitrogens with one attached hydrogen (secondary N) is 2. The lowest BCUT2D eigenvalue weighted by Gasteiger charge is -2.26. The summed E-state index contributed by atoms with van der Waals surface area (Å²) in [4.78, 5) is 16.3. The van der Waals surface area contributed by atoms with Gasteiger partial charge in [0.05, 0.1) is 11.7 Å². The standard InChI is InChI=1S/C17H12ClFN6/c18-10-3-4-13(19)12(6-10)15-7-14(25-17-22-8-20-9-23-17)11-2-1-5-21-16(11)24-15/h1-9,15H,(H,21,24)(H,20,22,23,25). The molecule has 1 aromatic carbocycles. The van der Waals surface area contributed by atoms with Gasteiger partial charge in [-0.05, 0) is 36.4 Å². The fourth-order valence-electron chi connectivity index (χ4n) is 2.64. The van der Waals surface area contributed by atoms with Gasteiger partial charge in [0.1, 0.15) is 24.3 Å². The van der Waals surface area contributed by atoms with Crippen LogP contribution in [-0.4, -0.2) is 19.9 Å². The summed E-state index contributed by atoms with van der Waals surface area (Å²) in [5.74, 6) is 0.672. The third kappa shape index (κ3) is 3.14. The van der Waals surface area contributed by atoms with Gasteiger partial charge in [-0.2, -0.15) is 0 Å². The molecule has 1 aliphatic heterocycles. The van der Waals surface area contributed by atoms with E-state index in [1.165, 1.54) is 24.8 Å².